The summed E-state index contributed by atoms with van der Waals surface area (Å²) in [6, 6.07) is 10.4. The highest BCUT2D eigenvalue weighted by Gasteiger charge is 2.22. The van der Waals surface area contributed by atoms with Crippen LogP contribution in [0.1, 0.15) is 30.0 Å². The number of H-pyrrole nitrogens is 1. The summed E-state index contributed by atoms with van der Waals surface area (Å²) >= 11 is 0. The SMILES string of the molecule is CCOCCOCCOCCOCCOCCOCCC(=O)N1CCc2cc(Cn3nc(-c4cnc5[nH]ccc5c4)c4c(N)ncnc43)ccc2C1. The van der Waals surface area contributed by atoms with Crippen molar-refractivity contribution >= 4 is 33.8 Å². The molecule has 0 saturated heterocycles. The van der Waals surface area contributed by atoms with Crippen molar-refractivity contribution in [3.63, 3.8) is 0 Å². The quantitative estimate of drug-likeness (QED) is 0.100. The number of anilines is 1. The van der Waals surface area contributed by atoms with Gasteiger partial charge in [0, 0.05) is 43.0 Å². The number of pyridine rings is 1. The van der Waals surface area contributed by atoms with Gasteiger partial charge in [-0.2, -0.15) is 5.10 Å². The van der Waals surface area contributed by atoms with Crippen LogP contribution in [-0.2, 0) is 52.7 Å². The lowest BCUT2D eigenvalue weighted by molar-refractivity contribution is -0.133. The lowest BCUT2D eigenvalue weighted by Crippen LogP contribution is -2.36. The number of fused-ring (bicyclic) bond motifs is 3. The van der Waals surface area contributed by atoms with Crippen molar-refractivity contribution in [2.45, 2.75) is 32.9 Å². The topological polar surface area (TPSA) is 174 Å². The molecule has 1 aliphatic rings. The van der Waals surface area contributed by atoms with Crippen molar-refractivity contribution in [2.75, 3.05) is 91.6 Å². The smallest absolute Gasteiger partial charge is 0.225 e. The standard InChI is InChI=1S/C37H48N8O7/c1-2-47-11-12-49-15-16-51-19-20-52-18-17-50-14-13-48-10-7-32(46)44-9-6-28-21-27(3-4-30(28)25-44)24-45-37-33(35(38)41-26-42-37)34(43-45)31-22-29-5-8-39-36(29)40-23-31/h3-5,8,21-23,26H,2,6-7,9-20,24-25H2,1H3,(H,39,40)(H2,38,41,42). The molecule has 0 unspecified atom stereocenters. The zero-order chi connectivity index (χ0) is 36.0. The third-order valence-corrected chi connectivity index (χ3v) is 8.72. The number of benzene rings is 1. The first-order valence-electron chi connectivity index (χ1n) is 17.9. The number of aromatic nitrogens is 6. The molecule has 3 N–H and O–H groups in total. The summed E-state index contributed by atoms with van der Waals surface area (Å²) in [6.07, 6.45) is 6.22. The minimum Gasteiger partial charge on any atom is -0.383 e. The fourth-order valence-corrected chi connectivity index (χ4v) is 6.06. The Morgan fingerprint density at radius 1 is 0.827 bits per heavy atom. The summed E-state index contributed by atoms with van der Waals surface area (Å²) in [6.45, 7) is 9.89. The molecule has 0 spiro atoms. The maximum atomic E-state index is 13.0. The van der Waals surface area contributed by atoms with Crippen LogP contribution in [0.2, 0.25) is 0 Å². The van der Waals surface area contributed by atoms with Gasteiger partial charge in [0.05, 0.1) is 91.0 Å². The second-order valence-electron chi connectivity index (χ2n) is 12.3. The predicted molar refractivity (Wildman–Crippen MR) is 195 cm³/mol. The number of nitrogens with two attached hydrogens (primary N) is 1. The van der Waals surface area contributed by atoms with E-state index in [0.717, 1.165) is 34.1 Å². The average molecular weight is 717 g/mol. The van der Waals surface area contributed by atoms with Crippen molar-refractivity contribution in [1.29, 1.82) is 0 Å². The van der Waals surface area contributed by atoms with Gasteiger partial charge in [-0.05, 0) is 42.2 Å². The first kappa shape index (κ1) is 37.3. The summed E-state index contributed by atoms with van der Waals surface area (Å²) < 4.78 is 34.6. The van der Waals surface area contributed by atoms with Gasteiger partial charge in [-0.15, -0.1) is 0 Å². The molecule has 0 saturated carbocycles. The highest BCUT2D eigenvalue weighted by atomic mass is 16.6. The van der Waals surface area contributed by atoms with E-state index < -0.39 is 0 Å². The average Bonchev–Trinajstić information content (AvgIpc) is 3.79. The minimum atomic E-state index is 0.0865. The molecule has 0 atom stereocenters. The van der Waals surface area contributed by atoms with Gasteiger partial charge in [0.1, 0.15) is 23.5 Å². The van der Waals surface area contributed by atoms with Crippen LogP contribution >= 0.6 is 0 Å². The number of rotatable bonds is 22. The van der Waals surface area contributed by atoms with Crippen molar-refractivity contribution < 1.29 is 33.2 Å². The van der Waals surface area contributed by atoms with Gasteiger partial charge in [0.25, 0.3) is 0 Å². The molecular formula is C37H48N8O7. The molecule has 4 aromatic heterocycles. The molecule has 15 heteroatoms. The summed E-state index contributed by atoms with van der Waals surface area (Å²) in [7, 11) is 0. The van der Waals surface area contributed by atoms with Gasteiger partial charge < -0.3 is 44.0 Å². The van der Waals surface area contributed by atoms with Gasteiger partial charge in [-0.3, -0.25) is 4.79 Å². The van der Waals surface area contributed by atoms with Crippen LogP contribution in [-0.4, -0.2) is 126 Å². The zero-order valence-corrected chi connectivity index (χ0v) is 29.8. The number of carbonyl (C=O) groups is 1. The van der Waals surface area contributed by atoms with Crippen LogP contribution in [0.15, 0.2) is 49.1 Å². The molecule has 0 radical (unpaired) electrons. The van der Waals surface area contributed by atoms with Gasteiger partial charge in [0.15, 0.2) is 5.65 Å². The first-order chi connectivity index (χ1) is 25.6. The summed E-state index contributed by atoms with van der Waals surface area (Å²) in [5.41, 5.74) is 12.8. The van der Waals surface area contributed by atoms with Gasteiger partial charge in [-0.1, -0.05) is 18.2 Å². The van der Waals surface area contributed by atoms with E-state index in [1.165, 1.54) is 11.9 Å². The Bertz CT molecular complexity index is 1880. The molecule has 1 amide bonds. The Balaban J connectivity index is 0.882. The van der Waals surface area contributed by atoms with E-state index in [1.807, 2.05) is 34.8 Å². The normalized spacial score (nSPS) is 13.0. The van der Waals surface area contributed by atoms with E-state index >= 15 is 0 Å². The van der Waals surface area contributed by atoms with Crippen LogP contribution in [0.25, 0.3) is 33.3 Å². The van der Waals surface area contributed by atoms with E-state index in [-0.39, 0.29) is 5.91 Å². The zero-order valence-electron chi connectivity index (χ0n) is 29.8. The summed E-state index contributed by atoms with van der Waals surface area (Å²) in [4.78, 5) is 31.3. The number of nitrogen functional groups attached to an aromatic ring is 1. The molecule has 6 rings (SSSR count). The fourth-order valence-electron chi connectivity index (χ4n) is 6.06. The number of hydrogen-bond donors (Lipinski definition) is 2. The number of nitrogens with one attached hydrogen (secondary N) is 1. The molecule has 15 nitrogen and oxygen atoms in total. The number of nitrogens with zero attached hydrogens (tertiary/aromatic N) is 6. The minimum absolute atomic E-state index is 0.0865. The lowest BCUT2D eigenvalue weighted by atomic mass is 9.97. The summed E-state index contributed by atoms with van der Waals surface area (Å²) in [5, 5.41) is 6.63. The Kier molecular flexibility index (Phi) is 13.9. The van der Waals surface area contributed by atoms with E-state index in [0.29, 0.717) is 128 Å². The van der Waals surface area contributed by atoms with Crippen LogP contribution in [0.5, 0.6) is 0 Å². The first-order valence-corrected chi connectivity index (χ1v) is 17.9. The number of hydrogen-bond acceptors (Lipinski definition) is 12. The molecule has 5 heterocycles. The molecule has 1 aromatic carbocycles. The van der Waals surface area contributed by atoms with Crippen LogP contribution in [0.3, 0.4) is 0 Å². The monoisotopic (exact) mass is 716 g/mol. The second kappa shape index (κ2) is 19.4. The van der Waals surface area contributed by atoms with E-state index in [9.17, 15) is 4.79 Å². The number of carbonyl (C=O) groups excluding carboxylic acids is 1. The van der Waals surface area contributed by atoms with Crippen molar-refractivity contribution in [3.05, 3.63) is 65.7 Å². The molecular weight excluding hydrogens is 668 g/mol. The molecule has 52 heavy (non-hydrogen) atoms. The van der Waals surface area contributed by atoms with Gasteiger partial charge in [-0.25, -0.2) is 19.6 Å². The molecule has 5 aromatic rings. The van der Waals surface area contributed by atoms with Gasteiger partial charge in [0.2, 0.25) is 5.91 Å². The predicted octanol–water partition coefficient (Wildman–Crippen LogP) is 3.39. The summed E-state index contributed by atoms with van der Waals surface area (Å²) in [5.74, 6) is 0.462. The Labute approximate surface area is 302 Å². The lowest BCUT2D eigenvalue weighted by Gasteiger charge is -2.29. The van der Waals surface area contributed by atoms with Crippen LogP contribution in [0, 0.1) is 0 Å². The van der Waals surface area contributed by atoms with Crippen molar-refractivity contribution in [1.82, 2.24) is 34.6 Å². The van der Waals surface area contributed by atoms with Crippen LogP contribution in [0.4, 0.5) is 5.82 Å². The number of amides is 1. The largest absolute Gasteiger partial charge is 0.383 e. The maximum Gasteiger partial charge on any atom is 0.225 e. The molecule has 278 valence electrons. The fraction of sp³-hybridized carbons (Fsp3) is 0.486. The molecule has 0 bridgehead atoms. The third kappa shape index (κ3) is 10.1. The van der Waals surface area contributed by atoms with Gasteiger partial charge >= 0.3 is 0 Å². The molecule has 0 fully saturated rings. The van der Waals surface area contributed by atoms with E-state index in [1.54, 1.807) is 6.20 Å². The van der Waals surface area contributed by atoms with Crippen molar-refractivity contribution in [2.24, 2.45) is 0 Å². The van der Waals surface area contributed by atoms with Crippen LogP contribution < -0.4 is 5.73 Å². The van der Waals surface area contributed by atoms with E-state index in [2.05, 4.69) is 38.1 Å². The maximum absolute atomic E-state index is 13.0. The number of aromatic amines is 1. The Morgan fingerprint density at radius 3 is 2.23 bits per heavy atom. The molecule has 1 aliphatic heterocycles. The number of ether oxygens (including phenoxy) is 6. The second-order valence-corrected chi connectivity index (χ2v) is 12.3. The van der Waals surface area contributed by atoms with Crippen molar-refractivity contribution in [3.8, 4) is 11.3 Å². The highest BCUT2D eigenvalue weighted by molar-refractivity contribution is 5.99. The Hall–Kier alpha value is -4.51. The van der Waals surface area contributed by atoms with E-state index in [4.69, 9.17) is 39.3 Å². The Morgan fingerprint density at radius 2 is 1.52 bits per heavy atom. The highest BCUT2D eigenvalue weighted by Crippen LogP contribution is 2.32. The third-order valence-electron chi connectivity index (χ3n) is 8.72. The molecule has 0 aliphatic carbocycles.